The molecule has 3 aromatic rings. The fourth-order valence-electron chi connectivity index (χ4n) is 3.09. The number of halogens is 3. The standard InChI is InChI=1S/C21H21F3N4O2/c1-15-19(13-26-28(15)18-5-2-4-17(12-18)21(22,23)24)20(30)27(10-3-11-29)14-16-6-8-25-9-7-16/h2,4-9,12-13,29H,3,10-11,14H2,1H3. The second kappa shape index (κ2) is 9.08. The lowest BCUT2D eigenvalue weighted by Gasteiger charge is -2.22. The highest BCUT2D eigenvalue weighted by atomic mass is 19.4. The molecule has 0 unspecified atom stereocenters. The van der Waals surface area contributed by atoms with Crippen LogP contribution in [0.3, 0.4) is 0 Å². The molecule has 9 heteroatoms. The first-order valence-corrected chi connectivity index (χ1v) is 9.32. The van der Waals surface area contributed by atoms with Gasteiger partial charge in [0.25, 0.3) is 5.91 Å². The Labute approximate surface area is 171 Å². The first-order chi connectivity index (χ1) is 14.3. The first-order valence-electron chi connectivity index (χ1n) is 9.32. The fourth-order valence-corrected chi connectivity index (χ4v) is 3.09. The zero-order valence-corrected chi connectivity index (χ0v) is 16.3. The van der Waals surface area contributed by atoms with Crippen LogP contribution in [0.1, 0.15) is 33.6 Å². The van der Waals surface area contributed by atoms with Crippen LogP contribution in [0.25, 0.3) is 5.69 Å². The predicted octanol–water partition coefficient (Wildman–Crippen LogP) is 3.62. The molecule has 0 saturated carbocycles. The molecular weight excluding hydrogens is 397 g/mol. The molecule has 158 valence electrons. The van der Waals surface area contributed by atoms with Gasteiger partial charge in [-0.25, -0.2) is 4.68 Å². The molecule has 0 atom stereocenters. The molecule has 30 heavy (non-hydrogen) atoms. The molecule has 1 amide bonds. The van der Waals surface area contributed by atoms with Crippen LogP contribution in [-0.4, -0.2) is 43.8 Å². The monoisotopic (exact) mass is 418 g/mol. The molecule has 0 spiro atoms. The van der Waals surface area contributed by atoms with E-state index in [0.29, 0.717) is 30.8 Å². The number of hydrogen-bond acceptors (Lipinski definition) is 4. The molecule has 1 N–H and O–H groups in total. The van der Waals surface area contributed by atoms with E-state index in [9.17, 15) is 23.1 Å². The SMILES string of the molecule is Cc1c(C(=O)N(CCCO)Cc2ccncc2)cnn1-c1cccc(C(F)(F)F)c1. The molecule has 0 saturated heterocycles. The summed E-state index contributed by atoms with van der Waals surface area (Å²) in [5.41, 5.74) is 1.03. The summed E-state index contributed by atoms with van der Waals surface area (Å²) >= 11 is 0. The van der Waals surface area contributed by atoms with Gasteiger partial charge in [-0.3, -0.25) is 9.78 Å². The Morgan fingerprint density at radius 3 is 2.60 bits per heavy atom. The van der Waals surface area contributed by atoms with E-state index < -0.39 is 11.7 Å². The number of carbonyl (C=O) groups excluding carboxylic acids is 1. The van der Waals surface area contributed by atoms with Gasteiger partial charge < -0.3 is 10.0 Å². The lowest BCUT2D eigenvalue weighted by Crippen LogP contribution is -2.32. The summed E-state index contributed by atoms with van der Waals surface area (Å²) in [5.74, 6) is -0.309. The van der Waals surface area contributed by atoms with Crippen LogP contribution in [-0.2, 0) is 12.7 Å². The van der Waals surface area contributed by atoms with E-state index >= 15 is 0 Å². The van der Waals surface area contributed by atoms with Crippen LogP contribution in [0.15, 0.2) is 55.0 Å². The summed E-state index contributed by atoms with van der Waals surface area (Å²) in [4.78, 5) is 18.7. The predicted molar refractivity (Wildman–Crippen MR) is 104 cm³/mol. The van der Waals surface area contributed by atoms with Crippen LogP contribution in [0.2, 0.25) is 0 Å². The highest BCUT2D eigenvalue weighted by molar-refractivity contribution is 5.95. The van der Waals surface area contributed by atoms with Crippen LogP contribution in [0, 0.1) is 6.92 Å². The molecule has 0 aliphatic heterocycles. The number of nitrogens with zero attached hydrogens (tertiary/aromatic N) is 4. The average Bonchev–Trinajstić information content (AvgIpc) is 3.12. The normalized spacial score (nSPS) is 11.5. The summed E-state index contributed by atoms with van der Waals surface area (Å²) in [6, 6.07) is 8.37. The van der Waals surface area contributed by atoms with Gasteiger partial charge in [0.05, 0.1) is 28.7 Å². The number of benzene rings is 1. The first kappa shape index (κ1) is 21.5. The topological polar surface area (TPSA) is 71.2 Å². The molecule has 0 bridgehead atoms. The molecule has 1 aromatic carbocycles. The van der Waals surface area contributed by atoms with Gasteiger partial charge >= 0.3 is 6.18 Å². The lowest BCUT2D eigenvalue weighted by molar-refractivity contribution is -0.137. The number of alkyl halides is 3. The van der Waals surface area contributed by atoms with Crippen LogP contribution < -0.4 is 0 Å². The summed E-state index contributed by atoms with van der Waals surface area (Å²) in [6.07, 6.45) is 0.539. The minimum absolute atomic E-state index is 0.0669. The average molecular weight is 418 g/mol. The van der Waals surface area contributed by atoms with E-state index in [1.165, 1.54) is 23.0 Å². The number of aromatic nitrogens is 3. The molecule has 6 nitrogen and oxygen atoms in total. The van der Waals surface area contributed by atoms with Gasteiger partial charge in [-0.1, -0.05) is 6.07 Å². The van der Waals surface area contributed by atoms with E-state index in [1.54, 1.807) is 36.4 Å². The fraction of sp³-hybridized carbons (Fsp3) is 0.286. The van der Waals surface area contributed by atoms with Gasteiger partial charge in [0.1, 0.15) is 0 Å². The highest BCUT2D eigenvalue weighted by Gasteiger charge is 2.31. The van der Waals surface area contributed by atoms with Gasteiger partial charge in [0, 0.05) is 32.1 Å². The number of aliphatic hydroxyl groups is 1. The zero-order chi connectivity index (χ0) is 21.7. The van der Waals surface area contributed by atoms with Crippen molar-refractivity contribution in [2.45, 2.75) is 26.1 Å². The van der Waals surface area contributed by atoms with Crippen molar-refractivity contribution in [2.24, 2.45) is 0 Å². The summed E-state index contributed by atoms with van der Waals surface area (Å²) in [6.45, 7) is 2.21. The Kier molecular flexibility index (Phi) is 6.51. The molecule has 0 aliphatic rings. The second-order valence-corrected chi connectivity index (χ2v) is 6.76. The van der Waals surface area contributed by atoms with Gasteiger partial charge in [-0.2, -0.15) is 18.3 Å². The minimum atomic E-state index is -4.47. The third-order valence-corrected chi connectivity index (χ3v) is 4.65. The van der Waals surface area contributed by atoms with Gasteiger partial charge in [0.15, 0.2) is 0 Å². The second-order valence-electron chi connectivity index (χ2n) is 6.76. The van der Waals surface area contributed by atoms with Crippen molar-refractivity contribution in [2.75, 3.05) is 13.2 Å². The van der Waals surface area contributed by atoms with Crippen molar-refractivity contribution in [1.82, 2.24) is 19.7 Å². The van der Waals surface area contributed by atoms with Crippen molar-refractivity contribution in [3.05, 3.63) is 77.4 Å². The molecule has 2 heterocycles. The maximum Gasteiger partial charge on any atom is 0.416 e. The Morgan fingerprint density at radius 1 is 1.20 bits per heavy atom. The van der Waals surface area contributed by atoms with E-state index in [2.05, 4.69) is 10.1 Å². The number of amides is 1. The van der Waals surface area contributed by atoms with Crippen LogP contribution in [0.4, 0.5) is 13.2 Å². The maximum atomic E-state index is 13.1. The quantitative estimate of drug-likeness (QED) is 0.636. The number of hydrogen-bond donors (Lipinski definition) is 1. The van der Waals surface area contributed by atoms with Gasteiger partial charge in [0.2, 0.25) is 0 Å². The van der Waals surface area contributed by atoms with E-state index in [4.69, 9.17) is 0 Å². The van der Waals surface area contributed by atoms with E-state index in [-0.39, 0.29) is 18.2 Å². The van der Waals surface area contributed by atoms with E-state index in [1.807, 2.05) is 0 Å². The Hall–Kier alpha value is -3.20. The molecule has 0 fully saturated rings. The minimum Gasteiger partial charge on any atom is -0.396 e. The highest BCUT2D eigenvalue weighted by Crippen LogP contribution is 2.30. The molecule has 2 aromatic heterocycles. The van der Waals surface area contributed by atoms with Crippen molar-refractivity contribution in [1.29, 1.82) is 0 Å². The maximum absolute atomic E-state index is 13.1. The summed E-state index contributed by atoms with van der Waals surface area (Å²) in [7, 11) is 0. The Bertz CT molecular complexity index is 1000. The summed E-state index contributed by atoms with van der Waals surface area (Å²) in [5, 5.41) is 13.3. The largest absolute Gasteiger partial charge is 0.416 e. The molecule has 0 aliphatic carbocycles. The number of rotatable bonds is 7. The zero-order valence-electron chi connectivity index (χ0n) is 16.3. The number of carbonyl (C=O) groups is 1. The molecule has 3 rings (SSSR count). The third-order valence-electron chi connectivity index (χ3n) is 4.65. The number of aliphatic hydroxyl groups excluding tert-OH is 1. The van der Waals surface area contributed by atoms with Crippen molar-refractivity contribution < 1.29 is 23.1 Å². The van der Waals surface area contributed by atoms with Crippen molar-refractivity contribution >= 4 is 5.91 Å². The lowest BCUT2D eigenvalue weighted by atomic mass is 10.1. The van der Waals surface area contributed by atoms with Crippen molar-refractivity contribution in [3.8, 4) is 5.69 Å². The van der Waals surface area contributed by atoms with Crippen LogP contribution >= 0.6 is 0 Å². The smallest absolute Gasteiger partial charge is 0.396 e. The number of pyridine rings is 1. The molecular formula is C21H21F3N4O2. The third kappa shape index (κ3) is 4.85. The molecule has 0 radical (unpaired) electrons. The van der Waals surface area contributed by atoms with Gasteiger partial charge in [-0.05, 0) is 49.2 Å². The summed E-state index contributed by atoms with van der Waals surface area (Å²) < 4.78 is 40.4. The van der Waals surface area contributed by atoms with E-state index in [0.717, 1.165) is 17.7 Å². The van der Waals surface area contributed by atoms with Gasteiger partial charge in [-0.15, -0.1) is 0 Å². The van der Waals surface area contributed by atoms with Crippen LogP contribution in [0.5, 0.6) is 0 Å². The Morgan fingerprint density at radius 2 is 1.93 bits per heavy atom. The Balaban J connectivity index is 1.90. The van der Waals surface area contributed by atoms with Crippen molar-refractivity contribution in [3.63, 3.8) is 0 Å².